The molecule has 2 rings (SSSR count). The maximum absolute atomic E-state index is 12.5. The fourth-order valence-corrected chi connectivity index (χ4v) is 3.87. The maximum atomic E-state index is 12.5. The predicted molar refractivity (Wildman–Crippen MR) is 102 cm³/mol. The summed E-state index contributed by atoms with van der Waals surface area (Å²) in [6.07, 6.45) is -3.67. The first kappa shape index (κ1) is 21.7. The summed E-state index contributed by atoms with van der Waals surface area (Å²) in [5.41, 5.74) is 0.620. The van der Waals surface area contributed by atoms with Crippen molar-refractivity contribution in [3.63, 3.8) is 0 Å². The average molecular weight is 405 g/mol. The van der Waals surface area contributed by atoms with Crippen molar-refractivity contribution in [2.75, 3.05) is 31.2 Å². The number of nitrogens with zero attached hydrogens (tertiary/aromatic N) is 1. The number of ether oxygens (including phenoxy) is 1. The van der Waals surface area contributed by atoms with Crippen LogP contribution in [-0.2, 0) is 6.54 Å². The zero-order chi connectivity index (χ0) is 19.9. The van der Waals surface area contributed by atoms with Crippen LogP contribution >= 0.6 is 11.8 Å². The van der Waals surface area contributed by atoms with Gasteiger partial charge in [0.15, 0.2) is 12.6 Å². The van der Waals surface area contributed by atoms with E-state index in [1.165, 1.54) is 0 Å². The Kier molecular flexibility index (Phi) is 7.67. The van der Waals surface area contributed by atoms with Gasteiger partial charge in [0.25, 0.3) is 0 Å². The number of aryl methyl sites for hydroxylation is 1. The molecule has 1 aliphatic heterocycles. The summed E-state index contributed by atoms with van der Waals surface area (Å²) in [5, 5.41) is 16.6. The number of benzene rings is 1. The zero-order valence-electron chi connectivity index (χ0n) is 15.5. The molecule has 1 aliphatic rings. The van der Waals surface area contributed by atoms with Crippen molar-refractivity contribution in [2.45, 2.75) is 38.6 Å². The summed E-state index contributed by atoms with van der Waals surface area (Å²) in [6, 6.07) is 5.11. The minimum absolute atomic E-state index is 0.163. The van der Waals surface area contributed by atoms with Gasteiger partial charge in [0.2, 0.25) is 0 Å². The van der Waals surface area contributed by atoms with Crippen LogP contribution in [0.15, 0.2) is 23.2 Å². The Balaban J connectivity index is 2.05. The number of nitrogens with one attached hydrogen (secondary N) is 2. The van der Waals surface area contributed by atoms with Gasteiger partial charge >= 0.3 is 6.18 Å². The number of aliphatic imine (C=N–C) groups is 1. The highest BCUT2D eigenvalue weighted by atomic mass is 32.2. The second-order valence-electron chi connectivity index (χ2n) is 6.59. The number of aliphatic hydroxyl groups is 1. The van der Waals surface area contributed by atoms with Crippen molar-refractivity contribution in [2.24, 2.45) is 4.99 Å². The molecule has 0 bridgehead atoms. The van der Waals surface area contributed by atoms with Gasteiger partial charge in [0.1, 0.15) is 5.75 Å². The molecule has 3 N–H and O–H groups in total. The lowest BCUT2D eigenvalue weighted by Crippen LogP contribution is -2.47. The molecular formula is C18H26F3N3O2S. The Bertz CT molecular complexity index is 647. The van der Waals surface area contributed by atoms with Crippen molar-refractivity contribution < 1.29 is 23.0 Å². The SMILES string of the molecule is CCNC(=NCc1ccc(C)cc1OCC(F)(F)F)NCC1(O)CCSC1. The molecule has 1 atom stereocenters. The Morgan fingerprint density at radius 1 is 1.37 bits per heavy atom. The van der Waals surface area contributed by atoms with E-state index in [4.69, 9.17) is 4.74 Å². The largest absolute Gasteiger partial charge is 0.484 e. The molecule has 0 spiro atoms. The van der Waals surface area contributed by atoms with E-state index in [-0.39, 0.29) is 12.3 Å². The lowest BCUT2D eigenvalue weighted by Gasteiger charge is -2.23. The van der Waals surface area contributed by atoms with Crippen molar-refractivity contribution >= 4 is 17.7 Å². The number of hydrogen-bond donors (Lipinski definition) is 3. The van der Waals surface area contributed by atoms with E-state index in [2.05, 4.69) is 15.6 Å². The topological polar surface area (TPSA) is 65.9 Å². The lowest BCUT2D eigenvalue weighted by molar-refractivity contribution is -0.153. The number of thioether (sulfide) groups is 1. The van der Waals surface area contributed by atoms with Gasteiger partial charge in [0, 0.05) is 24.4 Å². The normalized spacial score (nSPS) is 20.6. The highest BCUT2D eigenvalue weighted by Gasteiger charge is 2.31. The average Bonchev–Trinajstić information content (AvgIpc) is 3.03. The maximum Gasteiger partial charge on any atom is 0.422 e. The Morgan fingerprint density at radius 2 is 2.15 bits per heavy atom. The molecule has 1 unspecified atom stereocenters. The Labute approximate surface area is 161 Å². The molecule has 1 aromatic rings. The molecule has 0 aliphatic carbocycles. The molecule has 1 saturated heterocycles. The summed E-state index contributed by atoms with van der Waals surface area (Å²) in [7, 11) is 0. The third-order valence-electron chi connectivity index (χ3n) is 4.03. The van der Waals surface area contributed by atoms with Gasteiger partial charge in [-0.25, -0.2) is 4.99 Å². The molecule has 1 heterocycles. The fourth-order valence-electron chi connectivity index (χ4n) is 2.58. The van der Waals surface area contributed by atoms with E-state index in [1.807, 2.05) is 13.0 Å². The number of hydrogen-bond acceptors (Lipinski definition) is 4. The first-order valence-corrected chi connectivity index (χ1v) is 9.98. The number of rotatable bonds is 7. The summed E-state index contributed by atoms with van der Waals surface area (Å²) in [6.45, 7) is 3.54. The summed E-state index contributed by atoms with van der Waals surface area (Å²) in [5.74, 6) is 2.28. The van der Waals surface area contributed by atoms with E-state index in [9.17, 15) is 18.3 Å². The summed E-state index contributed by atoms with van der Waals surface area (Å²) >= 11 is 1.71. The standard InChI is InChI=1S/C18H26F3N3O2S/c1-3-22-16(24-10-17(25)6-7-27-12-17)23-9-14-5-4-13(2)8-15(14)26-11-18(19,20)21/h4-5,8,25H,3,6-7,9-12H2,1-2H3,(H2,22,23,24). The summed E-state index contributed by atoms with van der Waals surface area (Å²) < 4.78 is 42.4. The third kappa shape index (κ3) is 7.50. The van der Waals surface area contributed by atoms with Crippen LogP contribution in [0.5, 0.6) is 5.75 Å². The highest BCUT2D eigenvalue weighted by molar-refractivity contribution is 7.99. The quantitative estimate of drug-likeness (QED) is 0.481. The van der Waals surface area contributed by atoms with Crippen LogP contribution < -0.4 is 15.4 Å². The van der Waals surface area contributed by atoms with Gasteiger partial charge in [0.05, 0.1) is 12.1 Å². The Hall–Kier alpha value is -1.61. The minimum Gasteiger partial charge on any atom is -0.484 e. The van der Waals surface area contributed by atoms with Crippen LogP contribution in [0.1, 0.15) is 24.5 Å². The van der Waals surface area contributed by atoms with Gasteiger partial charge in [-0.3, -0.25) is 0 Å². The van der Waals surface area contributed by atoms with Gasteiger partial charge in [-0.2, -0.15) is 24.9 Å². The second-order valence-corrected chi connectivity index (χ2v) is 7.70. The fraction of sp³-hybridized carbons (Fsp3) is 0.611. The molecule has 27 heavy (non-hydrogen) atoms. The van der Waals surface area contributed by atoms with E-state index in [0.717, 1.165) is 17.7 Å². The van der Waals surface area contributed by atoms with Gasteiger partial charge in [-0.1, -0.05) is 12.1 Å². The van der Waals surface area contributed by atoms with Crippen molar-refractivity contribution in [3.8, 4) is 5.75 Å². The number of halogens is 3. The lowest BCUT2D eigenvalue weighted by atomic mass is 10.0. The van der Waals surface area contributed by atoms with Crippen LogP contribution in [0, 0.1) is 6.92 Å². The molecular weight excluding hydrogens is 379 g/mol. The number of alkyl halides is 3. The van der Waals surface area contributed by atoms with Crippen molar-refractivity contribution in [1.29, 1.82) is 0 Å². The monoisotopic (exact) mass is 405 g/mol. The van der Waals surface area contributed by atoms with E-state index < -0.39 is 18.4 Å². The first-order chi connectivity index (χ1) is 12.7. The molecule has 0 aromatic heterocycles. The predicted octanol–water partition coefficient (Wildman–Crippen LogP) is 2.86. The Morgan fingerprint density at radius 3 is 2.78 bits per heavy atom. The first-order valence-electron chi connectivity index (χ1n) is 8.82. The van der Waals surface area contributed by atoms with Crippen LogP contribution in [0.4, 0.5) is 13.2 Å². The van der Waals surface area contributed by atoms with Crippen molar-refractivity contribution in [1.82, 2.24) is 10.6 Å². The molecule has 152 valence electrons. The zero-order valence-corrected chi connectivity index (χ0v) is 16.3. The number of guanidine groups is 1. The van der Waals surface area contributed by atoms with E-state index in [0.29, 0.717) is 30.4 Å². The van der Waals surface area contributed by atoms with Crippen molar-refractivity contribution in [3.05, 3.63) is 29.3 Å². The highest BCUT2D eigenvalue weighted by Crippen LogP contribution is 2.27. The smallest absolute Gasteiger partial charge is 0.422 e. The third-order valence-corrected chi connectivity index (χ3v) is 5.27. The molecule has 0 amide bonds. The molecule has 0 radical (unpaired) electrons. The molecule has 0 saturated carbocycles. The van der Waals surface area contributed by atoms with E-state index >= 15 is 0 Å². The molecule has 5 nitrogen and oxygen atoms in total. The van der Waals surface area contributed by atoms with Crippen LogP contribution in [0.25, 0.3) is 0 Å². The van der Waals surface area contributed by atoms with Crippen LogP contribution in [-0.4, -0.2) is 54.0 Å². The van der Waals surface area contributed by atoms with Crippen LogP contribution in [0.2, 0.25) is 0 Å². The molecule has 1 fully saturated rings. The van der Waals surface area contributed by atoms with Gasteiger partial charge < -0.3 is 20.5 Å². The molecule has 1 aromatic carbocycles. The summed E-state index contributed by atoms with van der Waals surface area (Å²) in [4.78, 5) is 4.43. The van der Waals surface area contributed by atoms with Gasteiger partial charge in [-0.05, 0) is 37.7 Å². The van der Waals surface area contributed by atoms with Crippen LogP contribution in [0.3, 0.4) is 0 Å². The molecule has 9 heteroatoms. The van der Waals surface area contributed by atoms with E-state index in [1.54, 1.807) is 30.8 Å². The second kappa shape index (κ2) is 9.54. The van der Waals surface area contributed by atoms with Gasteiger partial charge in [-0.15, -0.1) is 0 Å². The minimum atomic E-state index is -4.39.